The molecule has 0 aromatic heterocycles. The van der Waals surface area contributed by atoms with Crippen LogP contribution in [0.2, 0.25) is 0 Å². The van der Waals surface area contributed by atoms with E-state index < -0.39 is 11.8 Å². The summed E-state index contributed by atoms with van der Waals surface area (Å²) in [5, 5.41) is 10.6. The van der Waals surface area contributed by atoms with E-state index in [2.05, 4.69) is 5.43 Å². The molecule has 1 aliphatic rings. The molecule has 0 atom stereocenters. The minimum Gasteiger partial charge on any atom is -0.508 e. The molecule has 0 unspecified atom stereocenters. The SMILES string of the molecule is Cc1ccccc1C(=O)NN1C(=O)/C(=C\c2cccc(O)c2)SC1=S. The van der Waals surface area contributed by atoms with Gasteiger partial charge in [-0.3, -0.25) is 15.0 Å². The van der Waals surface area contributed by atoms with Gasteiger partial charge in [0.25, 0.3) is 11.8 Å². The number of rotatable bonds is 3. The van der Waals surface area contributed by atoms with E-state index in [4.69, 9.17) is 12.2 Å². The van der Waals surface area contributed by atoms with Crippen molar-refractivity contribution >= 4 is 46.2 Å². The molecule has 1 aliphatic heterocycles. The topological polar surface area (TPSA) is 69.6 Å². The number of phenols is 1. The number of aromatic hydroxyl groups is 1. The third-order valence-electron chi connectivity index (χ3n) is 3.56. The van der Waals surface area contributed by atoms with Crippen LogP contribution in [0.4, 0.5) is 0 Å². The Labute approximate surface area is 154 Å². The van der Waals surface area contributed by atoms with Crippen molar-refractivity contribution in [1.29, 1.82) is 0 Å². The highest BCUT2D eigenvalue weighted by Crippen LogP contribution is 2.32. The fourth-order valence-electron chi connectivity index (χ4n) is 2.32. The van der Waals surface area contributed by atoms with E-state index in [1.54, 1.807) is 42.5 Å². The minimum atomic E-state index is -0.403. The second kappa shape index (κ2) is 7.08. The number of nitrogens with zero attached hydrogens (tertiary/aromatic N) is 1. The molecule has 2 aromatic carbocycles. The van der Waals surface area contributed by atoms with Crippen molar-refractivity contribution in [3.63, 3.8) is 0 Å². The molecule has 0 bridgehead atoms. The Morgan fingerprint density at radius 2 is 2.00 bits per heavy atom. The third kappa shape index (κ3) is 3.72. The fraction of sp³-hybridized carbons (Fsp3) is 0.0556. The quantitative estimate of drug-likeness (QED) is 0.641. The number of aryl methyl sites for hydroxylation is 1. The predicted octanol–water partition coefficient (Wildman–Crippen LogP) is 3.25. The highest BCUT2D eigenvalue weighted by Gasteiger charge is 2.33. The van der Waals surface area contributed by atoms with Gasteiger partial charge in [-0.1, -0.05) is 42.1 Å². The number of thiocarbonyl (C=S) groups is 1. The molecule has 0 aliphatic carbocycles. The maximum Gasteiger partial charge on any atom is 0.285 e. The Morgan fingerprint density at radius 1 is 1.24 bits per heavy atom. The molecule has 1 saturated heterocycles. The van der Waals surface area contributed by atoms with Crippen LogP contribution in [0, 0.1) is 6.92 Å². The zero-order chi connectivity index (χ0) is 18.0. The first-order chi connectivity index (χ1) is 12.0. The molecule has 7 heteroatoms. The number of carbonyl (C=O) groups is 2. The molecule has 0 radical (unpaired) electrons. The number of hydrogen-bond acceptors (Lipinski definition) is 5. The van der Waals surface area contributed by atoms with Crippen molar-refractivity contribution in [2.45, 2.75) is 6.92 Å². The summed E-state index contributed by atoms with van der Waals surface area (Å²) in [6.07, 6.45) is 1.62. The lowest BCUT2D eigenvalue weighted by molar-refractivity contribution is -0.123. The van der Waals surface area contributed by atoms with Crippen LogP contribution in [0.25, 0.3) is 6.08 Å². The Kier molecular flexibility index (Phi) is 4.87. The summed E-state index contributed by atoms with van der Waals surface area (Å²) in [4.78, 5) is 25.3. The summed E-state index contributed by atoms with van der Waals surface area (Å²) in [7, 11) is 0. The van der Waals surface area contributed by atoms with Gasteiger partial charge < -0.3 is 5.11 Å². The highest BCUT2D eigenvalue weighted by molar-refractivity contribution is 8.26. The molecule has 1 heterocycles. The second-order valence-electron chi connectivity index (χ2n) is 5.37. The van der Waals surface area contributed by atoms with Crippen molar-refractivity contribution in [2.24, 2.45) is 0 Å². The van der Waals surface area contributed by atoms with Crippen LogP contribution in [0.5, 0.6) is 5.75 Å². The van der Waals surface area contributed by atoms with Gasteiger partial charge in [0.15, 0.2) is 4.32 Å². The van der Waals surface area contributed by atoms with Crippen LogP contribution in [0.3, 0.4) is 0 Å². The first-order valence-electron chi connectivity index (χ1n) is 7.39. The van der Waals surface area contributed by atoms with Crippen molar-refractivity contribution in [3.8, 4) is 5.75 Å². The smallest absolute Gasteiger partial charge is 0.285 e. The van der Waals surface area contributed by atoms with Crippen LogP contribution in [0.15, 0.2) is 53.4 Å². The monoisotopic (exact) mass is 370 g/mol. The molecule has 25 heavy (non-hydrogen) atoms. The summed E-state index contributed by atoms with van der Waals surface area (Å²) in [5.41, 5.74) is 4.51. The predicted molar refractivity (Wildman–Crippen MR) is 102 cm³/mol. The largest absolute Gasteiger partial charge is 0.508 e. The van der Waals surface area contributed by atoms with Gasteiger partial charge in [0.05, 0.1) is 4.91 Å². The average Bonchev–Trinajstić information content (AvgIpc) is 2.83. The fourth-order valence-corrected chi connectivity index (χ4v) is 3.50. The lowest BCUT2D eigenvalue weighted by Crippen LogP contribution is -2.45. The average molecular weight is 370 g/mol. The third-order valence-corrected chi connectivity index (χ3v) is 4.87. The van der Waals surface area contributed by atoms with Gasteiger partial charge in [0.2, 0.25) is 0 Å². The number of phenolic OH excluding ortho intramolecular Hbond substituents is 1. The Hall–Kier alpha value is -2.64. The van der Waals surface area contributed by atoms with Gasteiger partial charge in [0.1, 0.15) is 5.75 Å². The summed E-state index contributed by atoms with van der Waals surface area (Å²) in [6.45, 7) is 1.82. The molecule has 2 aromatic rings. The van der Waals surface area contributed by atoms with Crippen LogP contribution < -0.4 is 5.43 Å². The first kappa shape index (κ1) is 17.2. The van der Waals surface area contributed by atoms with Gasteiger partial charge in [-0.05, 0) is 54.5 Å². The van der Waals surface area contributed by atoms with Crippen LogP contribution in [-0.4, -0.2) is 26.3 Å². The van der Waals surface area contributed by atoms with Gasteiger partial charge >= 0.3 is 0 Å². The number of benzene rings is 2. The molecule has 126 valence electrons. The van der Waals surface area contributed by atoms with E-state index in [-0.39, 0.29) is 10.1 Å². The van der Waals surface area contributed by atoms with E-state index in [0.29, 0.717) is 16.0 Å². The van der Waals surface area contributed by atoms with Crippen molar-refractivity contribution in [1.82, 2.24) is 10.4 Å². The van der Waals surface area contributed by atoms with Gasteiger partial charge in [-0.15, -0.1) is 0 Å². The van der Waals surface area contributed by atoms with E-state index in [1.807, 2.05) is 19.1 Å². The summed E-state index contributed by atoms with van der Waals surface area (Å²) < 4.78 is 0.248. The lowest BCUT2D eigenvalue weighted by Gasteiger charge is -2.16. The van der Waals surface area contributed by atoms with Gasteiger partial charge in [-0.2, -0.15) is 5.01 Å². The van der Waals surface area contributed by atoms with E-state index in [9.17, 15) is 14.7 Å². The maximum atomic E-state index is 12.5. The summed E-state index contributed by atoms with van der Waals surface area (Å²) in [6, 6.07) is 13.6. The Balaban J connectivity index is 1.80. The number of thioether (sulfide) groups is 1. The maximum absolute atomic E-state index is 12.5. The molecule has 0 spiro atoms. The molecular weight excluding hydrogens is 356 g/mol. The summed E-state index contributed by atoms with van der Waals surface area (Å²) in [5.74, 6) is -0.689. The van der Waals surface area contributed by atoms with E-state index >= 15 is 0 Å². The van der Waals surface area contributed by atoms with E-state index in [0.717, 1.165) is 22.3 Å². The Bertz CT molecular complexity index is 909. The number of hydrazine groups is 1. The Morgan fingerprint density at radius 3 is 2.72 bits per heavy atom. The van der Waals surface area contributed by atoms with Gasteiger partial charge in [0, 0.05) is 5.56 Å². The number of hydrogen-bond donors (Lipinski definition) is 2. The summed E-state index contributed by atoms with van der Waals surface area (Å²) >= 11 is 6.30. The lowest BCUT2D eigenvalue weighted by atomic mass is 10.1. The van der Waals surface area contributed by atoms with Crippen molar-refractivity contribution < 1.29 is 14.7 Å². The normalized spacial score (nSPS) is 15.7. The molecular formula is C18H14N2O3S2. The van der Waals surface area contributed by atoms with Crippen LogP contribution >= 0.6 is 24.0 Å². The second-order valence-corrected chi connectivity index (χ2v) is 7.04. The van der Waals surface area contributed by atoms with Gasteiger partial charge in [-0.25, -0.2) is 0 Å². The number of carbonyl (C=O) groups excluding carboxylic acids is 2. The molecule has 5 nitrogen and oxygen atoms in total. The number of nitrogens with one attached hydrogen (secondary N) is 1. The van der Waals surface area contributed by atoms with Crippen LogP contribution in [-0.2, 0) is 4.79 Å². The molecule has 0 saturated carbocycles. The first-order valence-corrected chi connectivity index (χ1v) is 8.62. The molecule has 1 fully saturated rings. The van der Waals surface area contributed by atoms with Crippen LogP contribution in [0.1, 0.15) is 21.5 Å². The number of amides is 2. The zero-order valence-corrected chi connectivity index (χ0v) is 14.9. The molecule has 3 rings (SSSR count). The van der Waals surface area contributed by atoms with E-state index in [1.165, 1.54) is 0 Å². The molecule has 2 N–H and O–H groups in total. The van der Waals surface area contributed by atoms with Crippen molar-refractivity contribution in [2.75, 3.05) is 0 Å². The molecule has 2 amide bonds. The van der Waals surface area contributed by atoms with Crippen molar-refractivity contribution in [3.05, 3.63) is 70.1 Å². The standard InChI is InChI=1S/C18H14N2O3S2/c1-11-5-2-3-8-14(11)16(22)19-20-17(23)15(25-18(20)24)10-12-6-4-7-13(21)9-12/h2-10,21H,1H3,(H,19,22)/b15-10+. The minimum absolute atomic E-state index is 0.108. The highest BCUT2D eigenvalue weighted by atomic mass is 32.2. The zero-order valence-electron chi connectivity index (χ0n) is 13.2.